The van der Waals surface area contributed by atoms with Crippen molar-refractivity contribution in [3.05, 3.63) is 67.7 Å². The number of nitrogens with zero attached hydrogens (tertiary/aromatic N) is 2. The maximum Gasteiger partial charge on any atom is 0.0740 e. The lowest BCUT2D eigenvalue weighted by atomic mass is 10.1. The molecule has 2 nitrogen and oxygen atoms in total. The standard InChI is InChI=1S/C14H12N2/c1-3-5-11(4-2)13-7-6-12-10-15-9-8-14(12)16-13/h3-10H,1-2H2. The van der Waals surface area contributed by atoms with Crippen LogP contribution in [0.15, 0.2) is 62.0 Å². The monoisotopic (exact) mass is 208 g/mol. The van der Waals surface area contributed by atoms with Crippen LogP contribution in [0.3, 0.4) is 0 Å². The number of fused-ring (bicyclic) bond motifs is 1. The van der Waals surface area contributed by atoms with Crippen LogP contribution < -0.4 is 0 Å². The molecule has 0 N–H and O–H groups in total. The fraction of sp³-hybridized carbons (Fsp3) is 0. The first kappa shape index (κ1) is 10.3. The molecule has 0 bridgehead atoms. The Morgan fingerprint density at radius 3 is 2.81 bits per heavy atom. The molecule has 2 rings (SSSR count). The zero-order valence-electron chi connectivity index (χ0n) is 8.93. The van der Waals surface area contributed by atoms with Crippen molar-refractivity contribution in [3.63, 3.8) is 0 Å². The van der Waals surface area contributed by atoms with Gasteiger partial charge in [-0.25, -0.2) is 4.98 Å². The van der Waals surface area contributed by atoms with E-state index in [1.807, 2.05) is 24.3 Å². The third kappa shape index (κ3) is 1.91. The molecular weight excluding hydrogens is 196 g/mol. The highest BCUT2D eigenvalue weighted by Gasteiger charge is 2.00. The SMILES string of the molecule is C=CC=C(C=C)c1ccc2cnccc2n1. The number of aromatic nitrogens is 2. The molecule has 2 aromatic rings. The van der Waals surface area contributed by atoms with Gasteiger partial charge in [-0.15, -0.1) is 0 Å². The minimum absolute atomic E-state index is 0.897. The quantitative estimate of drug-likeness (QED) is 0.722. The van der Waals surface area contributed by atoms with Crippen LogP contribution in [0.4, 0.5) is 0 Å². The zero-order valence-corrected chi connectivity index (χ0v) is 8.93. The van der Waals surface area contributed by atoms with E-state index in [2.05, 4.69) is 23.1 Å². The van der Waals surface area contributed by atoms with Crippen molar-refractivity contribution in [1.82, 2.24) is 9.97 Å². The predicted molar refractivity (Wildman–Crippen MR) is 67.9 cm³/mol. The van der Waals surface area contributed by atoms with Gasteiger partial charge in [0.05, 0.1) is 11.2 Å². The Hall–Kier alpha value is -2.22. The Labute approximate surface area is 94.7 Å². The van der Waals surface area contributed by atoms with Gasteiger partial charge in [-0.3, -0.25) is 4.98 Å². The van der Waals surface area contributed by atoms with Gasteiger partial charge in [0.15, 0.2) is 0 Å². The average molecular weight is 208 g/mol. The first-order chi connectivity index (χ1) is 7.85. The van der Waals surface area contributed by atoms with Gasteiger partial charge >= 0.3 is 0 Å². The summed E-state index contributed by atoms with van der Waals surface area (Å²) in [5.74, 6) is 0. The molecule has 0 saturated carbocycles. The van der Waals surface area contributed by atoms with Crippen molar-refractivity contribution < 1.29 is 0 Å². The van der Waals surface area contributed by atoms with E-state index in [1.165, 1.54) is 0 Å². The smallest absolute Gasteiger partial charge is 0.0740 e. The molecular formula is C14H12N2. The molecule has 16 heavy (non-hydrogen) atoms. The lowest BCUT2D eigenvalue weighted by Gasteiger charge is -2.02. The molecule has 2 aromatic heterocycles. The number of allylic oxidation sites excluding steroid dienone is 4. The summed E-state index contributed by atoms with van der Waals surface area (Å²) in [5.41, 5.74) is 2.80. The minimum Gasteiger partial charge on any atom is -0.264 e. The molecule has 2 heteroatoms. The van der Waals surface area contributed by atoms with E-state index in [0.29, 0.717) is 0 Å². The predicted octanol–water partition coefficient (Wildman–Crippen LogP) is 3.39. The number of rotatable bonds is 3. The summed E-state index contributed by atoms with van der Waals surface area (Å²) in [5, 5.41) is 1.04. The first-order valence-electron chi connectivity index (χ1n) is 5.01. The van der Waals surface area contributed by atoms with E-state index in [9.17, 15) is 0 Å². The molecule has 0 aliphatic rings. The van der Waals surface area contributed by atoms with Crippen LogP contribution in [0.25, 0.3) is 16.5 Å². The van der Waals surface area contributed by atoms with Gasteiger partial charge in [0.2, 0.25) is 0 Å². The Kier molecular flexibility index (Phi) is 2.92. The van der Waals surface area contributed by atoms with Crippen LogP contribution in [-0.2, 0) is 0 Å². The summed E-state index contributed by atoms with van der Waals surface area (Å²) in [6.07, 6.45) is 8.94. The number of pyridine rings is 2. The molecule has 2 heterocycles. The summed E-state index contributed by atoms with van der Waals surface area (Å²) < 4.78 is 0. The van der Waals surface area contributed by atoms with E-state index < -0.39 is 0 Å². The van der Waals surface area contributed by atoms with Crippen molar-refractivity contribution in [2.75, 3.05) is 0 Å². The molecule has 0 aliphatic carbocycles. The van der Waals surface area contributed by atoms with Gasteiger partial charge in [-0.2, -0.15) is 0 Å². The molecule has 0 fully saturated rings. The number of hydrogen-bond acceptors (Lipinski definition) is 2. The maximum absolute atomic E-state index is 4.54. The molecule has 0 amide bonds. The molecule has 0 unspecified atom stereocenters. The highest BCUT2D eigenvalue weighted by Crippen LogP contribution is 2.17. The van der Waals surface area contributed by atoms with Crippen LogP contribution in [0.2, 0.25) is 0 Å². The lowest BCUT2D eigenvalue weighted by molar-refractivity contribution is 1.30. The van der Waals surface area contributed by atoms with E-state index >= 15 is 0 Å². The van der Waals surface area contributed by atoms with Crippen molar-refractivity contribution in [2.24, 2.45) is 0 Å². The fourth-order valence-corrected chi connectivity index (χ4v) is 1.51. The second-order valence-electron chi connectivity index (χ2n) is 3.33. The summed E-state index contributed by atoms with van der Waals surface area (Å²) in [6, 6.07) is 5.86. The second-order valence-corrected chi connectivity index (χ2v) is 3.33. The van der Waals surface area contributed by atoms with Crippen molar-refractivity contribution in [2.45, 2.75) is 0 Å². The number of hydrogen-bond donors (Lipinski definition) is 0. The second kappa shape index (κ2) is 4.53. The van der Waals surface area contributed by atoms with Crippen molar-refractivity contribution in [1.29, 1.82) is 0 Å². The zero-order chi connectivity index (χ0) is 11.4. The maximum atomic E-state index is 4.54. The molecule has 0 saturated heterocycles. The Bertz CT molecular complexity index is 568. The minimum atomic E-state index is 0.897. The molecule has 0 radical (unpaired) electrons. The van der Waals surface area contributed by atoms with Crippen LogP contribution in [0, 0.1) is 0 Å². The summed E-state index contributed by atoms with van der Waals surface area (Å²) in [6.45, 7) is 7.44. The van der Waals surface area contributed by atoms with Gasteiger partial charge < -0.3 is 0 Å². The molecule has 0 aliphatic heterocycles. The van der Waals surface area contributed by atoms with E-state index in [0.717, 1.165) is 22.2 Å². The van der Waals surface area contributed by atoms with Crippen molar-refractivity contribution >= 4 is 16.5 Å². The summed E-state index contributed by atoms with van der Waals surface area (Å²) in [4.78, 5) is 8.59. The van der Waals surface area contributed by atoms with Crippen LogP contribution in [0.5, 0.6) is 0 Å². The highest BCUT2D eigenvalue weighted by molar-refractivity contribution is 5.81. The Balaban J connectivity index is 2.58. The molecule has 0 atom stereocenters. The average Bonchev–Trinajstić information content (AvgIpc) is 2.35. The Morgan fingerprint density at radius 2 is 2.06 bits per heavy atom. The van der Waals surface area contributed by atoms with Gasteiger partial charge in [-0.05, 0) is 23.8 Å². The molecule has 0 spiro atoms. The molecule has 78 valence electrons. The van der Waals surface area contributed by atoms with E-state index in [-0.39, 0.29) is 0 Å². The first-order valence-corrected chi connectivity index (χ1v) is 5.01. The van der Waals surface area contributed by atoms with Crippen LogP contribution in [0.1, 0.15) is 5.69 Å². The topological polar surface area (TPSA) is 25.8 Å². The normalized spacial score (nSPS) is 11.4. The summed E-state index contributed by atoms with van der Waals surface area (Å²) >= 11 is 0. The van der Waals surface area contributed by atoms with Crippen molar-refractivity contribution in [3.8, 4) is 0 Å². The molecule has 0 aromatic carbocycles. The summed E-state index contributed by atoms with van der Waals surface area (Å²) in [7, 11) is 0. The van der Waals surface area contributed by atoms with E-state index in [1.54, 1.807) is 24.5 Å². The van der Waals surface area contributed by atoms with Gasteiger partial charge in [0, 0.05) is 17.8 Å². The van der Waals surface area contributed by atoms with Gasteiger partial charge in [0.1, 0.15) is 0 Å². The fourth-order valence-electron chi connectivity index (χ4n) is 1.51. The van der Waals surface area contributed by atoms with E-state index in [4.69, 9.17) is 0 Å². The third-order valence-electron chi connectivity index (χ3n) is 2.30. The lowest BCUT2D eigenvalue weighted by Crippen LogP contribution is -1.88. The highest BCUT2D eigenvalue weighted by atomic mass is 14.7. The van der Waals surface area contributed by atoms with Gasteiger partial charge in [0.25, 0.3) is 0 Å². The Morgan fingerprint density at radius 1 is 1.19 bits per heavy atom. The van der Waals surface area contributed by atoms with Gasteiger partial charge in [-0.1, -0.05) is 31.4 Å². The van der Waals surface area contributed by atoms with Crippen LogP contribution in [-0.4, -0.2) is 9.97 Å². The third-order valence-corrected chi connectivity index (χ3v) is 2.30. The van der Waals surface area contributed by atoms with Crippen LogP contribution >= 0.6 is 0 Å². The largest absolute Gasteiger partial charge is 0.264 e.